The topological polar surface area (TPSA) is 82.1 Å². The van der Waals surface area contributed by atoms with Gasteiger partial charge in [-0.05, 0) is 44.0 Å². The molecule has 36 heavy (non-hydrogen) atoms. The van der Waals surface area contributed by atoms with Crippen LogP contribution < -0.4 is 4.74 Å². The van der Waals surface area contributed by atoms with E-state index in [-0.39, 0.29) is 30.1 Å². The molecule has 1 atom stereocenters. The van der Waals surface area contributed by atoms with Crippen molar-refractivity contribution in [2.75, 3.05) is 13.2 Å². The lowest BCUT2D eigenvalue weighted by molar-refractivity contribution is -0.157. The van der Waals surface area contributed by atoms with E-state index in [1.165, 1.54) is 4.90 Å². The molecule has 0 spiro atoms. The van der Waals surface area contributed by atoms with Crippen molar-refractivity contribution in [3.63, 3.8) is 0 Å². The van der Waals surface area contributed by atoms with Crippen LogP contribution in [0.25, 0.3) is 0 Å². The van der Waals surface area contributed by atoms with Gasteiger partial charge in [-0.25, -0.2) is 4.79 Å². The zero-order valence-electron chi connectivity index (χ0n) is 20.6. The lowest BCUT2D eigenvalue weighted by Gasteiger charge is -2.26. The number of esters is 1. The molecule has 4 rings (SSSR count). The zero-order valence-corrected chi connectivity index (χ0v) is 20.6. The predicted octanol–water partition coefficient (Wildman–Crippen LogP) is 4.96. The Bertz CT molecular complexity index is 1230. The fourth-order valence-corrected chi connectivity index (χ4v) is 4.04. The molecule has 0 fully saturated rings. The molecule has 0 bridgehead atoms. The van der Waals surface area contributed by atoms with E-state index in [1.807, 2.05) is 60.7 Å². The predicted molar refractivity (Wildman–Crippen MR) is 134 cm³/mol. The fraction of sp³-hybridized carbons (Fsp3) is 0.276. The van der Waals surface area contributed by atoms with Crippen molar-refractivity contribution in [3.05, 3.63) is 101 Å². The van der Waals surface area contributed by atoms with Gasteiger partial charge >= 0.3 is 5.97 Å². The average Bonchev–Trinajstić information content (AvgIpc) is 3.11. The van der Waals surface area contributed by atoms with Crippen molar-refractivity contribution in [2.45, 2.75) is 39.0 Å². The van der Waals surface area contributed by atoms with Crippen molar-refractivity contribution < 1.29 is 28.6 Å². The molecule has 3 aromatic carbocycles. The number of rotatable bonds is 9. The molecular weight excluding hydrogens is 458 g/mol. The van der Waals surface area contributed by atoms with Gasteiger partial charge < -0.3 is 14.2 Å². The minimum atomic E-state index is -0.662. The number of fused-ring (bicyclic) bond motifs is 1. The number of hydrogen-bond acceptors (Lipinski definition) is 6. The Morgan fingerprint density at radius 3 is 2.19 bits per heavy atom. The highest BCUT2D eigenvalue weighted by Gasteiger charge is 2.42. The van der Waals surface area contributed by atoms with E-state index < -0.39 is 29.4 Å². The van der Waals surface area contributed by atoms with E-state index in [4.69, 9.17) is 14.2 Å². The molecule has 2 amide bonds. The normalized spacial score (nSPS) is 13.9. The van der Waals surface area contributed by atoms with Gasteiger partial charge in [-0.2, -0.15) is 0 Å². The van der Waals surface area contributed by atoms with Gasteiger partial charge in [0, 0.05) is 0 Å². The Labute approximate surface area is 210 Å². The molecule has 0 radical (unpaired) electrons. The summed E-state index contributed by atoms with van der Waals surface area (Å²) in [6.45, 7) is 5.37. The van der Waals surface area contributed by atoms with Gasteiger partial charge in [-0.1, -0.05) is 66.7 Å². The first-order valence-corrected chi connectivity index (χ1v) is 11.8. The van der Waals surface area contributed by atoms with Crippen molar-refractivity contribution in [1.82, 2.24) is 4.90 Å². The van der Waals surface area contributed by atoms with Gasteiger partial charge in [0.2, 0.25) is 0 Å². The fourth-order valence-electron chi connectivity index (χ4n) is 4.04. The molecule has 0 saturated carbocycles. The molecule has 0 aromatic heterocycles. The maximum Gasteiger partial charge on any atom is 0.344 e. The molecule has 1 aliphatic heterocycles. The number of imide groups is 1. The van der Waals surface area contributed by atoms with Crippen LogP contribution >= 0.6 is 0 Å². The Hall–Kier alpha value is -3.97. The molecule has 7 heteroatoms. The first-order valence-electron chi connectivity index (χ1n) is 11.8. The summed E-state index contributed by atoms with van der Waals surface area (Å²) in [6, 6.07) is 23.1. The molecule has 1 heterocycles. The highest BCUT2D eigenvalue weighted by molar-refractivity contribution is 6.22. The van der Waals surface area contributed by atoms with Crippen molar-refractivity contribution in [1.29, 1.82) is 0 Å². The number of ether oxygens (including phenoxy) is 3. The molecular formula is C29H29NO6. The maximum atomic E-state index is 13.6. The van der Waals surface area contributed by atoms with Gasteiger partial charge in [0.25, 0.3) is 11.8 Å². The molecule has 7 nitrogen and oxygen atoms in total. The number of carbonyl (C=O) groups excluding carboxylic acids is 3. The van der Waals surface area contributed by atoms with Crippen LogP contribution in [0, 0.1) is 0 Å². The van der Waals surface area contributed by atoms with E-state index >= 15 is 0 Å². The van der Waals surface area contributed by atoms with Crippen LogP contribution in [-0.4, -0.2) is 41.5 Å². The summed E-state index contributed by atoms with van der Waals surface area (Å²) in [7, 11) is 0. The first-order chi connectivity index (χ1) is 17.2. The molecule has 0 aliphatic carbocycles. The van der Waals surface area contributed by atoms with Crippen LogP contribution in [-0.2, 0) is 20.9 Å². The number of benzene rings is 3. The summed E-state index contributed by atoms with van der Waals surface area (Å²) in [5.74, 6) is -1.33. The standard InChI is InChI=1S/C29H29NO6/c1-29(2,3)36-25(31)19-35-24-16-10-15-22-26(24)28(33)30(27(22)32)23(21-13-8-5-9-14-21)18-34-17-20-11-6-4-7-12-20/h4-16,23H,17-19H2,1-3H3/t23-/m1/s1. The Balaban J connectivity index is 1.56. The van der Waals surface area contributed by atoms with E-state index in [0.29, 0.717) is 6.61 Å². The van der Waals surface area contributed by atoms with Crippen LogP contribution in [0.2, 0.25) is 0 Å². The third-order valence-corrected chi connectivity index (χ3v) is 5.56. The SMILES string of the molecule is CC(C)(C)OC(=O)COc1cccc2c1C(=O)N([C@H](COCc1ccccc1)c1ccccc1)C2=O. The summed E-state index contributed by atoms with van der Waals surface area (Å²) in [5, 5.41) is 0. The molecule has 0 saturated heterocycles. The number of nitrogens with zero attached hydrogens (tertiary/aromatic N) is 1. The monoisotopic (exact) mass is 487 g/mol. The average molecular weight is 488 g/mol. The first kappa shape index (κ1) is 25.1. The van der Waals surface area contributed by atoms with Gasteiger partial charge in [0.1, 0.15) is 11.4 Å². The van der Waals surface area contributed by atoms with E-state index in [2.05, 4.69) is 0 Å². The Kier molecular flexibility index (Phi) is 7.50. The minimum absolute atomic E-state index is 0.123. The van der Waals surface area contributed by atoms with E-state index in [9.17, 15) is 14.4 Å². The van der Waals surface area contributed by atoms with Gasteiger partial charge in [-0.15, -0.1) is 0 Å². The minimum Gasteiger partial charge on any atom is -0.481 e. The summed E-state index contributed by atoms with van der Waals surface area (Å²) in [6.07, 6.45) is 0. The molecule has 186 valence electrons. The Morgan fingerprint density at radius 1 is 0.861 bits per heavy atom. The van der Waals surface area contributed by atoms with Gasteiger partial charge in [-0.3, -0.25) is 14.5 Å². The summed E-state index contributed by atoms with van der Waals surface area (Å²) >= 11 is 0. The summed E-state index contributed by atoms with van der Waals surface area (Å²) in [5.41, 5.74) is 1.46. The van der Waals surface area contributed by atoms with Crippen LogP contribution in [0.1, 0.15) is 58.7 Å². The third-order valence-electron chi connectivity index (χ3n) is 5.56. The van der Waals surface area contributed by atoms with Gasteiger partial charge in [0.15, 0.2) is 6.61 Å². The smallest absolute Gasteiger partial charge is 0.344 e. The van der Waals surface area contributed by atoms with Gasteiger partial charge in [0.05, 0.1) is 30.4 Å². The summed E-state index contributed by atoms with van der Waals surface area (Å²) in [4.78, 5) is 40.4. The summed E-state index contributed by atoms with van der Waals surface area (Å²) < 4.78 is 16.9. The zero-order chi connectivity index (χ0) is 25.7. The highest BCUT2D eigenvalue weighted by atomic mass is 16.6. The molecule has 3 aromatic rings. The maximum absolute atomic E-state index is 13.6. The van der Waals surface area contributed by atoms with E-state index in [1.54, 1.807) is 39.0 Å². The second kappa shape index (κ2) is 10.7. The van der Waals surface area contributed by atoms with E-state index in [0.717, 1.165) is 11.1 Å². The Morgan fingerprint density at radius 2 is 1.53 bits per heavy atom. The second-order valence-corrected chi connectivity index (χ2v) is 9.46. The largest absolute Gasteiger partial charge is 0.481 e. The van der Waals surface area contributed by atoms with Crippen molar-refractivity contribution in [2.24, 2.45) is 0 Å². The van der Waals surface area contributed by atoms with Crippen LogP contribution in [0.4, 0.5) is 0 Å². The lowest BCUT2D eigenvalue weighted by atomic mass is 10.1. The molecule has 0 N–H and O–H groups in total. The highest BCUT2D eigenvalue weighted by Crippen LogP contribution is 2.36. The second-order valence-electron chi connectivity index (χ2n) is 9.46. The van der Waals surface area contributed by atoms with Crippen LogP contribution in [0.15, 0.2) is 78.9 Å². The number of amides is 2. The van der Waals surface area contributed by atoms with Crippen molar-refractivity contribution >= 4 is 17.8 Å². The third kappa shape index (κ3) is 5.80. The number of carbonyl (C=O) groups is 3. The van der Waals surface area contributed by atoms with Crippen LogP contribution in [0.5, 0.6) is 5.75 Å². The quantitative estimate of drug-likeness (QED) is 0.313. The lowest BCUT2D eigenvalue weighted by Crippen LogP contribution is -2.36. The molecule has 1 aliphatic rings. The number of hydrogen-bond donors (Lipinski definition) is 0. The van der Waals surface area contributed by atoms with Crippen LogP contribution in [0.3, 0.4) is 0 Å². The van der Waals surface area contributed by atoms with Crippen molar-refractivity contribution in [3.8, 4) is 5.75 Å². The molecule has 0 unspecified atom stereocenters.